The standard InChI is InChI=1S/C11H18N4OS/c1-8-4-2-3-5-9(8)13-10(16)7-17-11-6-12-15-14-11/h6,8-9H,2-5,7H2,1H3,(H,13,16)(H,12,14,15). The molecule has 1 amide bonds. The van der Waals surface area contributed by atoms with Crippen molar-refractivity contribution in [3.05, 3.63) is 6.20 Å². The number of rotatable bonds is 4. The number of aromatic nitrogens is 3. The SMILES string of the molecule is CC1CCCCC1NC(=O)CSc1cn[nH]n1. The predicted octanol–water partition coefficient (Wildman–Crippen LogP) is 1.59. The van der Waals surface area contributed by atoms with Crippen LogP contribution in [-0.4, -0.2) is 33.1 Å². The molecule has 0 saturated heterocycles. The second-order valence-electron chi connectivity index (χ2n) is 4.53. The first-order valence-electron chi connectivity index (χ1n) is 6.03. The summed E-state index contributed by atoms with van der Waals surface area (Å²) in [6.07, 6.45) is 6.48. The zero-order valence-electron chi connectivity index (χ0n) is 9.98. The maximum Gasteiger partial charge on any atom is 0.230 e. The molecule has 1 aliphatic rings. The molecule has 2 rings (SSSR count). The Morgan fingerprint density at radius 3 is 3.12 bits per heavy atom. The van der Waals surface area contributed by atoms with E-state index in [-0.39, 0.29) is 5.91 Å². The molecule has 0 aliphatic heterocycles. The first-order chi connectivity index (χ1) is 8.25. The number of thioether (sulfide) groups is 1. The molecule has 2 unspecified atom stereocenters. The monoisotopic (exact) mass is 254 g/mol. The van der Waals surface area contributed by atoms with Gasteiger partial charge in [0.15, 0.2) is 0 Å². The molecule has 6 heteroatoms. The number of nitrogens with one attached hydrogen (secondary N) is 2. The molecular weight excluding hydrogens is 236 g/mol. The highest BCUT2D eigenvalue weighted by Gasteiger charge is 2.22. The van der Waals surface area contributed by atoms with Crippen LogP contribution in [0.1, 0.15) is 32.6 Å². The lowest BCUT2D eigenvalue weighted by atomic mass is 9.86. The molecule has 1 fully saturated rings. The Hall–Kier alpha value is -1.04. The van der Waals surface area contributed by atoms with Gasteiger partial charge in [0.25, 0.3) is 0 Å². The van der Waals surface area contributed by atoms with E-state index in [9.17, 15) is 4.79 Å². The number of hydrogen-bond donors (Lipinski definition) is 2. The Kier molecular flexibility index (Phi) is 4.42. The molecule has 0 radical (unpaired) electrons. The number of carbonyl (C=O) groups is 1. The molecule has 5 nitrogen and oxygen atoms in total. The van der Waals surface area contributed by atoms with Crippen LogP contribution in [0, 0.1) is 5.92 Å². The Morgan fingerprint density at radius 1 is 1.59 bits per heavy atom. The first kappa shape index (κ1) is 12.4. The zero-order valence-corrected chi connectivity index (χ0v) is 10.8. The van der Waals surface area contributed by atoms with Crippen molar-refractivity contribution in [3.63, 3.8) is 0 Å². The fraction of sp³-hybridized carbons (Fsp3) is 0.727. The molecule has 1 aromatic rings. The van der Waals surface area contributed by atoms with Gasteiger partial charge in [-0.25, -0.2) is 0 Å². The van der Waals surface area contributed by atoms with Gasteiger partial charge in [-0.3, -0.25) is 4.79 Å². The van der Waals surface area contributed by atoms with Crippen LogP contribution in [0.4, 0.5) is 0 Å². The van der Waals surface area contributed by atoms with Crippen LogP contribution in [-0.2, 0) is 4.79 Å². The van der Waals surface area contributed by atoms with Crippen LogP contribution in [0.15, 0.2) is 11.2 Å². The topological polar surface area (TPSA) is 70.7 Å². The van der Waals surface area contributed by atoms with Crippen LogP contribution in [0.3, 0.4) is 0 Å². The second kappa shape index (κ2) is 6.05. The fourth-order valence-corrected chi connectivity index (χ4v) is 2.77. The molecular formula is C11H18N4OS. The molecule has 1 aliphatic carbocycles. The molecule has 2 atom stereocenters. The number of H-pyrrole nitrogens is 1. The third-order valence-electron chi connectivity index (χ3n) is 3.20. The summed E-state index contributed by atoms with van der Waals surface area (Å²) in [4.78, 5) is 11.8. The summed E-state index contributed by atoms with van der Waals surface area (Å²) in [5.74, 6) is 1.11. The number of carbonyl (C=O) groups excluding carboxylic acids is 1. The lowest BCUT2D eigenvalue weighted by Gasteiger charge is -2.29. The van der Waals surface area contributed by atoms with Crippen LogP contribution in [0.25, 0.3) is 0 Å². The number of aromatic amines is 1. The predicted molar refractivity (Wildman–Crippen MR) is 66.7 cm³/mol. The average Bonchev–Trinajstić information content (AvgIpc) is 2.82. The molecule has 1 heterocycles. The van der Waals surface area contributed by atoms with Gasteiger partial charge in [0.05, 0.1) is 11.9 Å². The van der Waals surface area contributed by atoms with Crippen molar-refractivity contribution in [3.8, 4) is 0 Å². The van der Waals surface area contributed by atoms with E-state index in [4.69, 9.17) is 0 Å². The normalized spacial score (nSPS) is 24.5. The van der Waals surface area contributed by atoms with Crippen molar-refractivity contribution in [1.29, 1.82) is 0 Å². The van der Waals surface area contributed by atoms with Crippen LogP contribution in [0.5, 0.6) is 0 Å². The summed E-state index contributed by atoms with van der Waals surface area (Å²) in [5.41, 5.74) is 0. The Morgan fingerprint density at radius 2 is 2.41 bits per heavy atom. The van der Waals surface area contributed by atoms with Gasteiger partial charge in [-0.05, 0) is 18.8 Å². The Labute approximate surface area is 105 Å². The van der Waals surface area contributed by atoms with Gasteiger partial charge >= 0.3 is 0 Å². The Bertz CT molecular complexity index is 354. The highest BCUT2D eigenvalue weighted by molar-refractivity contribution is 7.99. The summed E-state index contributed by atoms with van der Waals surface area (Å²) in [7, 11) is 0. The minimum Gasteiger partial charge on any atom is -0.352 e. The second-order valence-corrected chi connectivity index (χ2v) is 5.53. The maximum atomic E-state index is 11.8. The smallest absolute Gasteiger partial charge is 0.230 e. The van der Waals surface area contributed by atoms with Crippen molar-refractivity contribution in [2.45, 2.75) is 43.7 Å². The summed E-state index contributed by atoms with van der Waals surface area (Å²) in [5, 5.41) is 14.0. The van der Waals surface area contributed by atoms with Crippen LogP contribution in [0.2, 0.25) is 0 Å². The quantitative estimate of drug-likeness (QED) is 0.801. The van der Waals surface area contributed by atoms with E-state index in [0.29, 0.717) is 17.7 Å². The van der Waals surface area contributed by atoms with E-state index in [1.54, 1.807) is 6.20 Å². The van der Waals surface area contributed by atoms with Gasteiger partial charge in [-0.15, -0.1) is 5.10 Å². The van der Waals surface area contributed by atoms with E-state index in [0.717, 1.165) is 11.4 Å². The highest BCUT2D eigenvalue weighted by Crippen LogP contribution is 2.23. The van der Waals surface area contributed by atoms with Crippen molar-refractivity contribution in [2.24, 2.45) is 5.92 Å². The molecule has 1 aromatic heterocycles. The summed E-state index contributed by atoms with van der Waals surface area (Å²) in [6.45, 7) is 2.22. The largest absolute Gasteiger partial charge is 0.352 e. The lowest BCUT2D eigenvalue weighted by molar-refractivity contribution is -0.119. The molecule has 94 valence electrons. The molecule has 17 heavy (non-hydrogen) atoms. The molecule has 0 aromatic carbocycles. The fourth-order valence-electron chi connectivity index (χ4n) is 2.18. The number of nitrogens with zero attached hydrogens (tertiary/aromatic N) is 2. The Balaban J connectivity index is 1.73. The van der Waals surface area contributed by atoms with Gasteiger partial charge < -0.3 is 5.32 Å². The van der Waals surface area contributed by atoms with Crippen LogP contribution >= 0.6 is 11.8 Å². The minimum atomic E-state index is 0.0942. The minimum absolute atomic E-state index is 0.0942. The van der Waals surface area contributed by atoms with E-state index in [1.807, 2.05) is 0 Å². The van der Waals surface area contributed by atoms with Crippen molar-refractivity contribution >= 4 is 17.7 Å². The third kappa shape index (κ3) is 3.73. The molecule has 2 N–H and O–H groups in total. The summed E-state index contributed by atoms with van der Waals surface area (Å²) < 4.78 is 0. The van der Waals surface area contributed by atoms with Crippen molar-refractivity contribution in [1.82, 2.24) is 20.7 Å². The van der Waals surface area contributed by atoms with E-state index in [1.165, 1.54) is 31.0 Å². The first-order valence-corrected chi connectivity index (χ1v) is 7.02. The lowest BCUT2D eigenvalue weighted by Crippen LogP contribution is -2.41. The highest BCUT2D eigenvalue weighted by atomic mass is 32.2. The van der Waals surface area contributed by atoms with Gasteiger partial charge in [-0.1, -0.05) is 31.5 Å². The third-order valence-corrected chi connectivity index (χ3v) is 4.10. The van der Waals surface area contributed by atoms with Gasteiger partial charge in [0.2, 0.25) is 5.91 Å². The van der Waals surface area contributed by atoms with Crippen molar-refractivity contribution < 1.29 is 4.79 Å². The van der Waals surface area contributed by atoms with E-state index in [2.05, 4.69) is 27.7 Å². The number of amides is 1. The molecule has 0 spiro atoms. The van der Waals surface area contributed by atoms with Gasteiger partial charge in [0, 0.05) is 6.04 Å². The van der Waals surface area contributed by atoms with Gasteiger partial charge in [0.1, 0.15) is 5.03 Å². The van der Waals surface area contributed by atoms with Gasteiger partial charge in [-0.2, -0.15) is 10.3 Å². The van der Waals surface area contributed by atoms with Crippen molar-refractivity contribution in [2.75, 3.05) is 5.75 Å². The summed E-state index contributed by atoms with van der Waals surface area (Å²) in [6, 6.07) is 0.356. The van der Waals surface area contributed by atoms with Crippen LogP contribution < -0.4 is 5.32 Å². The molecule has 1 saturated carbocycles. The zero-order chi connectivity index (χ0) is 12.1. The summed E-state index contributed by atoms with van der Waals surface area (Å²) >= 11 is 1.41. The van der Waals surface area contributed by atoms with E-state index < -0.39 is 0 Å². The maximum absolute atomic E-state index is 11.8. The number of hydrogen-bond acceptors (Lipinski definition) is 4. The van der Waals surface area contributed by atoms with E-state index >= 15 is 0 Å². The molecule has 0 bridgehead atoms. The average molecular weight is 254 g/mol.